The summed E-state index contributed by atoms with van der Waals surface area (Å²) >= 11 is 6.07. The fourth-order valence-corrected chi connectivity index (χ4v) is 6.83. The number of nitrogens with zero attached hydrogens (tertiary/aromatic N) is 3. The normalized spacial score (nSPS) is 19.1. The van der Waals surface area contributed by atoms with Gasteiger partial charge in [0.25, 0.3) is 0 Å². The molecular formula is C30H40ClN5O4S. The number of para-hydroxylation sites is 2. The van der Waals surface area contributed by atoms with Gasteiger partial charge in [-0.2, -0.15) is 0 Å². The van der Waals surface area contributed by atoms with Crippen LogP contribution in [-0.4, -0.2) is 83.2 Å². The van der Waals surface area contributed by atoms with E-state index < -0.39 is 16.1 Å². The van der Waals surface area contributed by atoms with Crippen LogP contribution < -0.4 is 19.8 Å². The highest BCUT2D eigenvalue weighted by molar-refractivity contribution is 7.92. The van der Waals surface area contributed by atoms with Gasteiger partial charge in [-0.1, -0.05) is 35.9 Å². The number of nitrogens with one attached hydrogen (secondary N) is 2. The van der Waals surface area contributed by atoms with Gasteiger partial charge in [0.05, 0.1) is 17.6 Å². The lowest BCUT2D eigenvalue weighted by Crippen LogP contribution is -2.56. The third-order valence-corrected chi connectivity index (χ3v) is 9.68. The average molecular weight is 602 g/mol. The lowest BCUT2D eigenvalue weighted by Gasteiger charge is -2.39. The smallest absolute Gasteiger partial charge is 0.245 e. The Balaban J connectivity index is 1.28. The Morgan fingerprint density at radius 3 is 2.29 bits per heavy atom. The third-order valence-electron chi connectivity index (χ3n) is 8.28. The van der Waals surface area contributed by atoms with E-state index in [-0.39, 0.29) is 17.7 Å². The van der Waals surface area contributed by atoms with E-state index in [1.54, 1.807) is 12.1 Å². The molecule has 0 radical (unpaired) electrons. The minimum Gasteiger partial charge on any atom is -0.366 e. The van der Waals surface area contributed by atoms with Crippen LogP contribution >= 0.6 is 11.6 Å². The van der Waals surface area contributed by atoms with E-state index in [2.05, 4.69) is 15.5 Å². The van der Waals surface area contributed by atoms with Crippen LogP contribution in [-0.2, 0) is 26.0 Å². The summed E-state index contributed by atoms with van der Waals surface area (Å²) in [6.45, 7) is 4.20. The van der Waals surface area contributed by atoms with Gasteiger partial charge in [0.15, 0.2) is 0 Å². The maximum absolute atomic E-state index is 13.8. The van der Waals surface area contributed by atoms with E-state index in [1.165, 1.54) is 10.6 Å². The molecule has 1 aliphatic carbocycles. The molecule has 2 aromatic carbocycles. The molecule has 2 amide bonds. The molecule has 2 aliphatic heterocycles. The Labute approximate surface area is 248 Å². The Morgan fingerprint density at radius 2 is 1.66 bits per heavy atom. The fraction of sp³-hybridized carbons (Fsp3) is 0.533. The second-order valence-electron chi connectivity index (χ2n) is 11.5. The monoisotopic (exact) mass is 601 g/mol. The molecule has 2 saturated heterocycles. The molecule has 3 aliphatic rings. The number of piperidine rings is 1. The molecule has 3 fully saturated rings. The van der Waals surface area contributed by atoms with Crippen LogP contribution in [0.4, 0.5) is 11.4 Å². The van der Waals surface area contributed by atoms with Gasteiger partial charge in [-0.15, -0.1) is 0 Å². The van der Waals surface area contributed by atoms with Gasteiger partial charge in [-0.05, 0) is 74.5 Å². The Kier molecular flexibility index (Phi) is 9.41. The molecule has 2 N–H and O–H groups in total. The number of hydrogen-bond acceptors (Lipinski definition) is 6. The number of hydrogen-bond donors (Lipinski definition) is 2. The number of carbonyl (C=O) groups excluding carboxylic acids is 2. The first kappa shape index (κ1) is 29.7. The first-order valence-electron chi connectivity index (χ1n) is 14.5. The molecule has 1 saturated carbocycles. The van der Waals surface area contributed by atoms with Crippen LogP contribution in [0, 0.1) is 11.8 Å². The fourth-order valence-electron chi connectivity index (χ4n) is 5.71. The van der Waals surface area contributed by atoms with Gasteiger partial charge >= 0.3 is 0 Å². The lowest BCUT2D eigenvalue weighted by atomic mass is 9.96. The summed E-state index contributed by atoms with van der Waals surface area (Å²) in [6, 6.07) is 14.3. The van der Waals surface area contributed by atoms with E-state index in [0.717, 1.165) is 50.0 Å². The van der Waals surface area contributed by atoms with Crippen molar-refractivity contribution < 1.29 is 18.0 Å². The lowest BCUT2D eigenvalue weighted by molar-refractivity contribution is -0.138. The minimum atomic E-state index is -3.43. The zero-order valence-corrected chi connectivity index (χ0v) is 25.2. The molecule has 222 valence electrons. The van der Waals surface area contributed by atoms with E-state index >= 15 is 0 Å². The molecule has 9 nitrogen and oxygen atoms in total. The third kappa shape index (κ3) is 7.72. The maximum atomic E-state index is 13.8. The number of carbonyl (C=O) groups is 2. The van der Waals surface area contributed by atoms with Gasteiger partial charge in [-0.3, -0.25) is 13.9 Å². The summed E-state index contributed by atoms with van der Waals surface area (Å²) in [7, 11) is -3.43. The van der Waals surface area contributed by atoms with Crippen molar-refractivity contribution in [3.8, 4) is 0 Å². The van der Waals surface area contributed by atoms with E-state index in [9.17, 15) is 18.0 Å². The van der Waals surface area contributed by atoms with Crippen molar-refractivity contribution in [3.63, 3.8) is 0 Å². The van der Waals surface area contributed by atoms with E-state index in [0.29, 0.717) is 55.8 Å². The molecule has 11 heteroatoms. The van der Waals surface area contributed by atoms with Gasteiger partial charge < -0.3 is 20.4 Å². The number of halogens is 1. The number of rotatable bonds is 10. The number of anilines is 2. The molecule has 0 bridgehead atoms. The quantitative estimate of drug-likeness (QED) is 0.434. The number of piperazine rings is 1. The molecule has 0 aromatic heterocycles. The molecule has 2 heterocycles. The molecule has 2 aromatic rings. The highest BCUT2D eigenvalue weighted by atomic mass is 35.5. The standard InChI is InChI=1S/C30H40ClN5O4S/c1-41(39,40)36(21-23-6-7-23)28-5-3-2-4-27(28)34-16-18-35(19-17-34)30(38)26(20-22-8-10-25(31)11-9-22)33-29(37)24-12-14-32-15-13-24/h2-5,8-11,23-24,26,32H,6-7,12-21H2,1H3,(H,33,37)/t26-/m1/s1. The first-order chi connectivity index (χ1) is 19.7. The minimum absolute atomic E-state index is 0.0668. The Bertz CT molecular complexity index is 1320. The van der Waals surface area contributed by atoms with Crippen molar-refractivity contribution in [2.24, 2.45) is 11.8 Å². The maximum Gasteiger partial charge on any atom is 0.245 e. The predicted octanol–water partition coefficient (Wildman–Crippen LogP) is 2.89. The van der Waals surface area contributed by atoms with Crippen LogP contribution in [0.2, 0.25) is 5.02 Å². The van der Waals surface area contributed by atoms with Crippen molar-refractivity contribution in [1.82, 2.24) is 15.5 Å². The Morgan fingerprint density at radius 1 is 1.00 bits per heavy atom. The summed E-state index contributed by atoms with van der Waals surface area (Å²) < 4.78 is 27.0. The van der Waals surface area contributed by atoms with Crippen LogP contribution in [0.15, 0.2) is 48.5 Å². The summed E-state index contributed by atoms with van der Waals surface area (Å²) in [5, 5.41) is 6.98. The second kappa shape index (κ2) is 13.0. The van der Waals surface area contributed by atoms with Gasteiger partial charge in [0, 0.05) is 50.1 Å². The van der Waals surface area contributed by atoms with E-state index in [1.807, 2.05) is 41.3 Å². The topological polar surface area (TPSA) is 102 Å². The summed E-state index contributed by atoms with van der Waals surface area (Å²) in [5.41, 5.74) is 2.49. The van der Waals surface area contributed by atoms with Gasteiger partial charge in [-0.25, -0.2) is 8.42 Å². The van der Waals surface area contributed by atoms with Crippen molar-refractivity contribution in [2.45, 2.75) is 38.1 Å². The van der Waals surface area contributed by atoms with Crippen molar-refractivity contribution in [1.29, 1.82) is 0 Å². The molecule has 41 heavy (non-hydrogen) atoms. The van der Waals surface area contributed by atoms with Crippen molar-refractivity contribution in [3.05, 3.63) is 59.1 Å². The predicted molar refractivity (Wildman–Crippen MR) is 163 cm³/mol. The zero-order valence-electron chi connectivity index (χ0n) is 23.6. The second-order valence-corrected chi connectivity index (χ2v) is 13.8. The molecule has 5 rings (SSSR count). The summed E-state index contributed by atoms with van der Waals surface area (Å²) in [4.78, 5) is 31.0. The van der Waals surface area contributed by atoms with Crippen LogP contribution in [0.3, 0.4) is 0 Å². The zero-order chi connectivity index (χ0) is 29.0. The van der Waals surface area contributed by atoms with Crippen LogP contribution in [0.25, 0.3) is 0 Å². The average Bonchev–Trinajstić information content (AvgIpc) is 3.81. The number of amides is 2. The largest absolute Gasteiger partial charge is 0.366 e. The SMILES string of the molecule is CS(=O)(=O)N(CC1CC1)c1ccccc1N1CCN(C(=O)[C@@H](Cc2ccc(Cl)cc2)NC(=O)C2CCNCC2)CC1. The summed E-state index contributed by atoms with van der Waals surface area (Å²) in [5.74, 6) is 0.146. The van der Waals surface area contributed by atoms with Gasteiger partial charge in [0.2, 0.25) is 21.8 Å². The van der Waals surface area contributed by atoms with Gasteiger partial charge in [0.1, 0.15) is 6.04 Å². The molecule has 1 atom stereocenters. The Hall–Kier alpha value is -2.82. The number of benzene rings is 2. The molecular weight excluding hydrogens is 562 g/mol. The number of sulfonamides is 1. The summed E-state index contributed by atoms with van der Waals surface area (Å²) in [6.07, 6.45) is 5.29. The van der Waals surface area contributed by atoms with Crippen molar-refractivity contribution in [2.75, 3.05) is 61.3 Å². The highest BCUT2D eigenvalue weighted by Gasteiger charge is 2.34. The molecule has 0 spiro atoms. The van der Waals surface area contributed by atoms with Crippen molar-refractivity contribution >= 4 is 44.8 Å². The highest BCUT2D eigenvalue weighted by Crippen LogP contribution is 2.37. The van der Waals surface area contributed by atoms with Crippen LogP contribution in [0.1, 0.15) is 31.2 Å². The van der Waals surface area contributed by atoms with E-state index in [4.69, 9.17) is 11.6 Å². The molecule has 0 unspecified atom stereocenters. The van der Waals surface area contributed by atoms with Crippen LogP contribution in [0.5, 0.6) is 0 Å². The first-order valence-corrected chi connectivity index (χ1v) is 16.8.